The molecule has 0 aliphatic carbocycles. The molecule has 0 aliphatic rings. The van der Waals surface area contributed by atoms with Crippen LogP contribution in [-0.2, 0) is 9.47 Å². The van der Waals surface area contributed by atoms with Gasteiger partial charge < -0.3 is 14.8 Å². The van der Waals surface area contributed by atoms with Gasteiger partial charge in [0.25, 0.3) is 0 Å². The maximum atomic E-state index is 12.5. The minimum Gasteiger partial charge on any atom is -0.462 e. The summed E-state index contributed by atoms with van der Waals surface area (Å²) in [6.07, 6.45) is 1.26. The van der Waals surface area contributed by atoms with Gasteiger partial charge >= 0.3 is 11.9 Å². The highest BCUT2D eigenvalue weighted by Gasteiger charge is 2.19. The van der Waals surface area contributed by atoms with Gasteiger partial charge in [-0.2, -0.15) is 0 Å². The van der Waals surface area contributed by atoms with Crippen molar-refractivity contribution in [1.82, 2.24) is 4.98 Å². The van der Waals surface area contributed by atoms with Gasteiger partial charge in [-0.15, -0.1) is 0 Å². The van der Waals surface area contributed by atoms with Crippen molar-refractivity contribution in [1.29, 1.82) is 0 Å². The van der Waals surface area contributed by atoms with Crippen LogP contribution in [0.4, 0.5) is 11.4 Å². The lowest BCUT2D eigenvalue weighted by atomic mass is 10.1. The van der Waals surface area contributed by atoms with E-state index in [1.165, 1.54) is 6.20 Å². The van der Waals surface area contributed by atoms with E-state index in [4.69, 9.17) is 9.47 Å². The summed E-state index contributed by atoms with van der Waals surface area (Å²) in [7, 11) is 0. The summed E-state index contributed by atoms with van der Waals surface area (Å²) in [6, 6.07) is 14.5. The number of benzene rings is 2. The lowest BCUT2D eigenvalue weighted by Gasteiger charge is -2.15. The van der Waals surface area contributed by atoms with Crippen LogP contribution in [0.1, 0.15) is 41.5 Å². The van der Waals surface area contributed by atoms with Crippen molar-refractivity contribution in [2.24, 2.45) is 0 Å². The molecule has 0 spiro atoms. The summed E-state index contributed by atoms with van der Waals surface area (Å²) in [5.41, 5.74) is 2.67. The number of anilines is 2. The van der Waals surface area contributed by atoms with E-state index in [2.05, 4.69) is 10.3 Å². The number of ether oxygens (including phenoxy) is 2. The second-order valence-corrected chi connectivity index (χ2v) is 6.44. The monoisotopic (exact) mass is 378 g/mol. The standard InChI is InChI=1S/C22H22N2O4/c1-4-27-22(26)18-13-23-19-11-10-15(21(25)28-14(2)3)12-17(19)20(18)24-16-8-6-5-7-9-16/h5-14H,4H2,1-3H3,(H,23,24). The maximum Gasteiger partial charge on any atom is 0.341 e. The molecule has 0 radical (unpaired) electrons. The van der Waals surface area contributed by atoms with E-state index in [1.54, 1.807) is 39.0 Å². The Morgan fingerprint density at radius 3 is 2.50 bits per heavy atom. The molecule has 0 aliphatic heterocycles. The second kappa shape index (κ2) is 8.52. The number of carbonyl (C=O) groups excluding carboxylic acids is 2. The van der Waals surface area contributed by atoms with Crippen LogP contribution in [-0.4, -0.2) is 29.6 Å². The van der Waals surface area contributed by atoms with Crippen molar-refractivity contribution in [3.8, 4) is 0 Å². The minimum absolute atomic E-state index is 0.228. The van der Waals surface area contributed by atoms with Crippen molar-refractivity contribution < 1.29 is 19.1 Å². The van der Waals surface area contributed by atoms with Crippen LogP contribution in [0.5, 0.6) is 0 Å². The molecule has 6 nitrogen and oxygen atoms in total. The second-order valence-electron chi connectivity index (χ2n) is 6.44. The first-order chi connectivity index (χ1) is 13.5. The van der Waals surface area contributed by atoms with Crippen molar-refractivity contribution in [3.05, 3.63) is 65.9 Å². The highest BCUT2D eigenvalue weighted by Crippen LogP contribution is 2.30. The van der Waals surface area contributed by atoms with Crippen molar-refractivity contribution in [2.45, 2.75) is 26.9 Å². The Morgan fingerprint density at radius 2 is 1.82 bits per heavy atom. The molecule has 0 unspecified atom stereocenters. The molecule has 0 bridgehead atoms. The number of rotatable bonds is 6. The van der Waals surface area contributed by atoms with Crippen LogP contribution in [0.15, 0.2) is 54.7 Å². The Morgan fingerprint density at radius 1 is 1.07 bits per heavy atom. The quantitative estimate of drug-likeness (QED) is 0.626. The molecule has 144 valence electrons. The smallest absolute Gasteiger partial charge is 0.341 e. The first-order valence-electron chi connectivity index (χ1n) is 9.12. The topological polar surface area (TPSA) is 77.5 Å². The molecule has 1 aromatic heterocycles. The lowest BCUT2D eigenvalue weighted by Crippen LogP contribution is -2.12. The first-order valence-corrected chi connectivity index (χ1v) is 9.12. The predicted molar refractivity (Wildman–Crippen MR) is 108 cm³/mol. The number of nitrogens with zero attached hydrogens (tertiary/aromatic N) is 1. The van der Waals surface area contributed by atoms with E-state index in [-0.39, 0.29) is 12.7 Å². The molecule has 1 heterocycles. The van der Waals surface area contributed by atoms with E-state index < -0.39 is 11.9 Å². The number of para-hydroxylation sites is 1. The number of carbonyl (C=O) groups is 2. The Hall–Kier alpha value is -3.41. The Kier molecular flexibility index (Phi) is 5.89. The highest BCUT2D eigenvalue weighted by atomic mass is 16.5. The molecule has 1 N–H and O–H groups in total. The summed E-state index contributed by atoms with van der Waals surface area (Å²) in [4.78, 5) is 29.2. The third-order valence-electron chi connectivity index (χ3n) is 3.98. The van der Waals surface area contributed by atoms with Crippen LogP contribution in [0, 0.1) is 0 Å². The van der Waals surface area contributed by atoms with Crippen molar-refractivity contribution >= 4 is 34.2 Å². The average molecular weight is 378 g/mol. The van der Waals surface area contributed by atoms with E-state index in [9.17, 15) is 9.59 Å². The van der Waals surface area contributed by atoms with Gasteiger partial charge in [0, 0.05) is 17.3 Å². The Balaban J connectivity index is 2.15. The van der Waals surface area contributed by atoms with Crippen LogP contribution in [0.3, 0.4) is 0 Å². The van der Waals surface area contributed by atoms with E-state index in [0.717, 1.165) is 5.69 Å². The summed E-state index contributed by atoms with van der Waals surface area (Å²) in [6.45, 7) is 5.59. The van der Waals surface area contributed by atoms with Crippen LogP contribution in [0.25, 0.3) is 10.9 Å². The van der Waals surface area contributed by atoms with Gasteiger partial charge in [-0.05, 0) is 51.1 Å². The molecule has 3 aromatic rings. The van der Waals surface area contributed by atoms with Gasteiger partial charge in [0.1, 0.15) is 5.56 Å². The molecule has 6 heteroatoms. The lowest BCUT2D eigenvalue weighted by molar-refractivity contribution is 0.0377. The summed E-state index contributed by atoms with van der Waals surface area (Å²) in [5, 5.41) is 3.90. The summed E-state index contributed by atoms with van der Waals surface area (Å²) in [5.74, 6) is -0.908. The van der Waals surface area contributed by atoms with Crippen molar-refractivity contribution in [3.63, 3.8) is 0 Å². The van der Waals surface area contributed by atoms with Gasteiger partial charge in [0.15, 0.2) is 0 Å². The van der Waals surface area contributed by atoms with Gasteiger partial charge in [-0.1, -0.05) is 18.2 Å². The fourth-order valence-electron chi connectivity index (χ4n) is 2.77. The van der Waals surface area contributed by atoms with Crippen LogP contribution in [0.2, 0.25) is 0 Å². The molecule has 28 heavy (non-hydrogen) atoms. The number of nitrogens with one attached hydrogen (secondary N) is 1. The van der Waals surface area contributed by atoms with E-state index in [1.807, 2.05) is 30.3 Å². The zero-order chi connectivity index (χ0) is 20.1. The zero-order valence-electron chi connectivity index (χ0n) is 16.1. The third-order valence-corrected chi connectivity index (χ3v) is 3.98. The van der Waals surface area contributed by atoms with Crippen LogP contribution < -0.4 is 5.32 Å². The predicted octanol–water partition coefficient (Wildman–Crippen LogP) is 4.72. The van der Waals surface area contributed by atoms with E-state index in [0.29, 0.717) is 27.7 Å². The highest BCUT2D eigenvalue weighted by molar-refractivity contribution is 6.07. The maximum absolute atomic E-state index is 12.5. The molecule has 0 fully saturated rings. The SMILES string of the molecule is CCOC(=O)c1cnc2ccc(C(=O)OC(C)C)cc2c1Nc1ccccc1. The number of aromatic nitrogens is 1. The summed E-state index contributed by atoms with van der Waals surface area (Å²) >= 11 is 0. The number of esters is 2. The Labute approximate surface area is 163 Å². The molecular weight excluding hydrogens is 356 g/mol. The number of hydrogen-bond donors (Lipinski definition) is 1. The van der Waals surface area contributed by atoms with Gasteiger partial charge in [-0.3, -0.25) is 4.98 Å². The minimum atomic E-state index is -0.481. The third kappa shape index (κ3) is 4.28. The number of pyridine rings is 1. The largest absolute Gasteiger partial charge is 0.462 e. The molecule has 0 saturated heterocycles. The van der Waals surface area contributed by atoms with E-state index >= 15 is 0 Å². The Bertz CT molecular complexity index is 1000. The fraction of sp³-hybridized carbons (Fsp3) is 0.227. The van der Waals surface area contributed by atoms with Crippen LogP contribution >= 0.6 is 0 Å². The molecule has 3 rings (SSSR count). The normalized spacial score (nSPS) is 10.7. The number of hydrogen-bond acceptors (Lipinski definition) is 6. The molecule has 0 atom stereocenters. The average Bonchev–Trinajstić information content (AvgIpc) is 2.68. The molecular formula is C22H22N2O4. The molecule has 0 amide bonds. The first kappa shape index (κ1) is 19.4. The zero-order valence-corrected chi connectivity index (χ0v) is 16.1. The molecule has 0 saturated carbocycles. The van der Waals surface area contributed by atoms with Gasteiger partial charge in [-0.25, -0.2) is 9.59 Å². The summed E-state index contributed by atoms with van der Waals surface area (Å²) < 4.78 is 10.5. The van der Waals surface area contributed by atoms with Gasteiger partial charge in [0.05, 0.1) is 29.5 Å². The fourth-order valence-corrected chi connectivity index (χ4v) is 2.77. The van der Waals surface area contributed by atoms with Gasteiger partial charge in [0.2, 0.25) is 0 Å². The molecule has 2 aromatic carbocycles. The number of fused-ring (bicyclic) bond motifs is 1. The van der Waals surface area contributed by atoms with Crippen molar-refractivity contribution in [2.75, 3.05) is 11.9 Å².